The Morgan fingerprint density at radius 1 is 0.806 bits per heavy atom. The molecule has 0 heterocycles. The standard InChI is InChI=1S/C19H25O6.C5H5.Fe/c1-3-24-18(22)12-6-10-16(20)14-8-5-9-15(14)17(21)11-7-13-19(23)25-4-2;1-2-4-5-3-1;/h5,8-9H,3-4,6-7,10-13H2,1-2H3;1-5H;/q-1;-5;. The quantitative estimate of drug-likeness (QED) is 0.194. The van der Waals surface area contributed by atoms with Gasteiger partial charge >= 0.3 is 11.9 Å². The maximum Gasteiger partial charge on any atom is 0.305 e. The molecule has 0 amide bonds. The van der Waals surface area contributed by atoms with Crippen LogP contribution in [0.1, 0.15) is 73.1 Å². The van der Waals surface area contributed by atoms with E-state index in [1.165, 1.54) is 0 Å². The second-order valence-corrected chi connectivity index (χ2v) is 6.48. The number of Topliss-reactive ketones (excluding diaryl/α,β-unsaturated/α-hetero) is 2. The van der Waals surface area contributed by atoms with E-state index in [-0.39, 0.29) is 66.3 Å². The summed E-state index contributed by atoms with van der Waals surface area (Å²) in [5, 5.41) is 0. The van der Waals surface area contributed by atoms with Gasteiger partial charge in [0.2, 0.25) is 0 Å². The van der Waals surface area contributed by atoms with Crippen molar-refractivity contribution in [2.24, 2.45) is 0 Å². The van der Waals surface area contributed by atoms with Crippen molar-refractivity contribution in [1.82, 2.24) is 0 Å². The van der Waals surface area contributed by atoms with Gasteiger partial charge in [0.1, 0.15) is 5.78 Å². The second kappa shape index (κ2) is 17.2. The van der Waals surface area contributed by atoms with Crippen LogP contribution < -0.4 is 0 Å². The molecule has 2 rings (SSSR count). The zero-order chi connectivity index (χ0) is 22.2. The number of hydrogen-bond acceptors (Lipinski definition) is 6. The molecule has 6 nitrogen and oxygen atoms in total. The zero-order valence-electron chi connectivity index (χ0n) is 18.1. The van der Waals surface area contributed by atoms with Gasteiger partial charge in [-0.3, -0.25) is 9.59 Å². The molecule has 0 atom stereocenters. The number of rotatable bonds is 12. The average Bonchev–Trinajstić information content (AvgIpc) is 3.43. The average molecular weight is 470 g/mol. The largest absolute Gasteiger partial charge is 0.748 e. The first-order chi connectivity index (χ1) is 14.5. The SMILES string of the molecule is CCOC(=O)CCCC(=O)c1ccc[c-]1C(=O)CCCC(=O)OCC.[Fe].[cH-]1[cH-][cH-][cH-][cH-]1. The molecular formula is C24H30FeO6-6. The van der Waals surface area contributed by atoms with Gasteiger partial charge < -0.3 is 49.4 Å². The fourth-order valence-electron chi connectivity index (χ4n) is 2.75. The smallest absolute Gasteiger partial charge is 0.305 e. The molecule has 0 fully saturated rings. The third-order valence-corrected chi connectivity index (χ3v) is 4.15. The molecule has 0 aliphatic heterocycles. The van der Waals surface area contributed by atoms with Crippen LogP contribution >= 0.6 is 0 Å². The topological polar surface area (TPSA) is 86.7 Å². The van der Waals surface area contributed by atoms with Crippen molar-refractivity contribution < 1.29 is 45.7 Å². The van der Waals surface area contributed by atoms with E-state index in [9.17, 15) is 19.2 Å². The molecule has 0 unspecified atom stereocenters. The summed E-state index contributed by atoms with van der Waals surface area (Å²) in [6.45, 7) is 4.10. The van der Waals surface area contributed by atoms with Gasteiger partial charge in [0, 0.05) is 36.3 Å². The summed E-state index contributed by atoms with van der Waals surface area (Å²) in [6, 6.07) is 14.9. The van der Waals surface area contributed by atoms with Crippen LogP contribution in [-0.2, 0) is 36.1 Å². The van der Waals surface area contributed by atoms with Gasteiger partial charge in [-0.2, -0.15) is 12.1 Å². The summed E-state index contributed by atoms with van der Waals surface area (Å²) < 4.78 is 9.63. The predicted molar refractivity (Wildman–Crippen MR) is 114 cm³/mol. The van der Waals surface area contributed by atoms with Crippen molar-refractivity contribution in [3.8, 4) is 0 Å². The molecule has 2 aromatic carbocycles. The molecule has 0 saturated heterocycles. The van der Waals surface area contributed by atoms with E-state index < -0.39 is 0 Å². The minimum atomic E-state index is -0.326. The molecule has 0 aliphatic carbocycles. The molecule has 0 aromatic heterocycles. The first kappa shape index (κ1) is 28.5. The van der Waals surface area contributed by atoms with Crippen molar-refractivity contribution in [3.05, 3.63) is 59.7 Å². The Morgan fingerprint density at radius 2 is 1.29 bits per heavy atom. The van der Waals surface area contributed by atoms with Crippen molar-refractivity contribution in [1.29, 1.82) is 0 Å². The van der Waals surface area contributed by atoms with Gasteiger partial charge in [0.05, 0.1) is 19.0 Å². The van der Waals surface area contributed by atoms with Crippen LogP contribution in [0.5, 0.6) is 0 Å². The van der Waals surface area contributed by atoms with Crippen LogP contribution in [0.3, 0.4) is 0 Å². The van der Waals surface area contributed by atoms with Gasteiger partial charge in [0.25, 0.3) is 0 Å². The normalized spacial score (nSPS) is 9.61. The van der Waals surface area contributed by atoms with Crippen LogP contribution in [0.25, 0.3) is 0 Å². The third-order valence-electron chi connectivity index (χ3n) is 4.15. The van der Waals surface area contributed by atoms with E-state index >= 15 is 0 Å². The first-order valence-electron chi connectivity index (χ1n) is 10.3. The fraction of sp³-hybridized carbons (Fsp3) is 0.417. The molecule has 2 aromatic rings. The van der Waals surface area contributed by atoms with Crippen molar-refractivity contribution >= 4 is 23.5 Å². The zero-order valence-corrected chi connectivity index (χ0v) is 19.2. The number of carbonyl (C=O) groups is 4. The molecular weight excluding hydrogens is 440 g/mol. The van der Waals surface area contributed by atoms with Crippen LogP contribution in [-0.4, -0.2) is 36.7 Å². The van der Waals surface area contributed by atoms with Crippen LogP contribution in [0.4, 0.5) is 0 Å². The summed E-state index contributed by atoms with van der Waals surface area (Å²) in [5.74, 6) is -0.979. The van der Waals surface area contributed by atoms with Gasteiger partial charge in [0.15, 0.2) is 0 Å². The Hall–Kier alpha value is -2.50. The molecule has 0 spiro atoms. The fourth-order valence-corrected chi connectivity index (χ4v) is 2.75. The second-order valence-electron chi connectivity index (χ2n) is 6.48. The van der Waals surface area contributed by atoms with Crippen LogP contribution in [0, 0.1) is 0 Å². The molecule has 0 radical (unpaired) electrons. The van der Waals surface area contributed by atoms with Gasteiger partial charge in [-0.25, -0.2) is 0 Å². The van der Waals surface area contributed by atoms with Crippen molar-refractivity contribution in [2.75, 3.05) is 13.2 Å². The number of ketones is 2. The Morgan fingerprint density at radius 3 is 1.77 bits per heavy atom. The van der Waals surface area contributed by atoms with Crippen molar-refractivity contribution in [3.63, 3.8) is 0 Å². The Kier molecular flexibility index (Phi) is 15.8. The maximum atomic E-state index is 12.3. The van der Waals surface area contributed by atoms with Gasteiger partial charge in [-0.15, -0.1) is 11.6 Å². The minimum absolute atomic E-state index is 0. The van der Waals surface area contributed by atoms with E-state index in [4.69, 9.17) is 9.47 Å². The monoisotopic (exact) mass is 470 g/mol. The van der Waals surface area contributed by atoms with Gasteiger partial charge in [-0.1, -0.05) is 5.56 Å². The molecule has 0 aliphatic rings. The molecule has 0 bridgehead atoms. The summed E-state index contributed by atoms with van der Waals surface area (Å²) >= 11 is 0. The number of ether oxygens (including phenoxy) is 2. The Bertz CT molecular complexity index is 708. The van der Waals surface area contributed by atoms with E-state index in [2.05, 4.69) is 0 Å². The third kappa shape index (κ3) is 12.1. The van der Waals surface area contributed by atoms with E-state index in [0.29, 0.717) is 37.2 Å². The predicted octanol–water partition coefficient (Wildman–Crippen LogP) is 4.64. The van der Waals surface area contributed by atoms with Crippen LogP contribution in [0.15, 0.2) is 48.5 Å². The Balaban J connectivity index is 0.00000131. The molecule has 0 N–H and O–H groups in total. The molecule has 31 heavy (non-hydrogen) atoms. The van der Waals surface area contributed by atoms with Crippen LogP contribution in [0.2, 0.25) is 0 Å². The molecule has 176 valence electrons. The van der Waals surface area contributed by atoms with Gasteiger partial charge in [-0.05, 0) is 33.1 Å². The molecule has 0 saturated carbocycles. The number of esters is 2. The Labute approximate surface area is 194 Å². The summed E-state index contributed by atoms with van der Waals surface area (Å²) in [7, 11) is 0. The van der Waals surface area contributed by atoms with E-state index in [1.807, 2.05) is 30.3 Å². The summed E-state index contributed by atoms with van der Waals surface area (Å²) in [5.41, 5.74) is 0.759. The summed E-state index contributed by atoms with van der Waals surface area (Å²) in [6.07, 6.45) is 1.52. The number of carbonyl (C=O) groups excluding carboxylic acids is 4. The van der Waals surface area contributed by atoms with Crippen molar-refractivity contribution in [2.45, 2.75) is 52.4 Å². The number of hydrogen-bond donors (Lipinski definition) is 0. The minimum Gasteiger partial charge on any atom is -0.748 e. The molecule has 7 heteroatoms. The van der Waals surface area contributed by atoms with E-state index in [0.717, 1.165) is 0 Å². The van der Waals surface area contributed by atoms with E-state index in [1.54, 1.807) is 32.0 Å². The summed E-state index contributed by atoms with van der Waals surface area (Å²) in [4.78, 5) is 47.1. The maximum absolute atomic E-state index is 12.3. The first-order valence-corrected chi connectivity index (χ1v) is 10.3.